The van der Waals surface area contributed by atoms with E-state index in [1.54, 1.807) is 19.2 Å². The quantitative estimate of drug-likeness (QED) is 0.489. The fraction of sp³-hybridized carbons (Fsp3) is 0.286. The Kier molecular flexibility index (Phi) is 6.39. The van der Waals surface area contributed by atoms with Gasteiger partial charge in [0.05, 0.1) is 30.8 Å². The van der Waals surface area contributed by atoms with Crippen molar-refractivity contribution in [3.63, 3.8) is 0 Å². The molecule has 0 spiro atoms. The van der Waals surface area contributed by atoms with Crippen LogP contribution in [0.2, 0.25) is 0 Å². The number of benzene rings is 2. The van der Waals surface area contributed by atoms with Gasteiger partial charge in [0.25, 0.3) is 11.8 Å². The number of ether oxygens (including phenoxy) is 2. The van der Waals surface area contributed by atoms with Gasteiger partial charge in [-0.3, -0.25) is 9.59 Å². The van der Waals surface area contributed by atoms with E-state index in [2.05, 4.69) is 0 Å². The lowest BCUT2D eigenvalue weighted by molar-refractivity contribution is -0.168. The first-order valence-electron chi connectivity index (χ1n) is 8.99. The summed E-state index contributed by atoms with van der Waals surface area (Å²) in [5.74, 6) is -1.21. The molecule has 7 nitrogen and oxygen atoms in total. The summed E-state index contributed by atoms with van der Waals surface area (Å²) in [6.45, 7) is 0.976. The van der Waals surface area contributed by atoms with Gasteiger partial charge >= 0.3 is 5.97 Å². The number of fused-ring (bicyclic) bond motifs is 1. The van der Waals surface area contributed by atoms with E-state index in [1.165, 1.54) is 12.1 Å². The number of hydroxylamine groups is 2. The largest absolute Gasteiger partial charge is 0.494 e. The van der Waals surface area contributed by atoms with E-state index in [0.29, 0.717) is 30.4 Å². The summed E-state index contributed by atoms with van der Waals surface area (Å²) in [5.41, 5.74) is 1.62. The third kappa shape index (κ3) is 4.55. The molecular weight excluding hydrogens is 362 g/mol. The highest BCUT2D eigenvalue weighted by molar-refractivity contribution is 6.20. The molecule has 0 radical (unpaired) electrons. The molecule has 28 heavy (non-hydrogen) atoms. The van der Waals surface area contributed by atoms with Crippen molar-refractivity contribution in [1.82, 2.24) is 5.06 Å². The molecule has 2 amide bonds. The predicted octanol–water partition coefficient (Wildman–Crippen LogP) is 2.79. The van der Waals surface area contributed by atoms with Gasteiger partial charge in [-0.05, 0) is 42.7 Å². The molecule has 7 heteroatoms. The average molecular weight is 383 g/mol. The summed E-state index contributed by atoms with van der Waals surface area (Å²) in [5, 5.41) is 0.520. The number of hydrogen-bond acceptors (Lipinski definition) is 6. The molecule has 1 aliphatic heterocycles. The first-order chi connectivity index (χ1) is 13.6. The fourth-order valence-corrected chi connectivity index (χ4v) is 2.78. The number of nitrogens with zero attached hydrogens (tertiary/aromatic N) is 1. The van der Waals surface area contributed by atoms with Crippen LogP contribution < -0.4 is 4.74 Å². The van der Waals surface area contributed by atoms with Crippen LogP contribution in [-0.4, -0.2) is 43.2 Å². The van der Waals surface area contributed by atoms with Crippen LogP contribution in [0.1, 0.15) is 39.1 Å². The third-order valence-electron chi connectivity index (χ3n) is 4.26. The second kappa shape index (κ2) is 9.14. The monoisotopic (exact) mass is 383 g/mol. The minimum absolute atomic E-state index is 0.0271. The van der Waals surface area contributed by atoms with Crippen molar-refractivity contribution in [3.05, 3.63) is 65.2 Å². The zero-order valence-corrected chi connectivity index (χ0v) is 15.6. The summed E-state index contributed by atoms with van der Waals surface area (Å²) in [6.07, 6.45) is 1.26. The molecule has 146 valence electrons. The molecule has 2 aromatic rings. The number of methoxy groups -OCH3 is 1. The van der Waals surface area contributed by atoms with E-state index in [9.17, 15) is 14.4 Å². The molecular formula is C21H21NO6. The van der Waals surface area contributed by atoms with Gasteiger partial charge in [0, 0.05) is 7.11 Å². The number of hydrogen-bond donors (Lipinski definition) is 0. The van der Waals surface area contributed by atoms with Crippen molar-refractivity contribution < 1.29 is 28.7 Å². The highest BCUT2D eigenvalue weighted by Gasteiger charge is 2.38. The topological polar surface area (TPSA) is 82.1 Å². The van der Waals surface area contributed by atoms with Crippen LogP contribution in [0.4, 0.5) is 0 Å². The third-order valence-corrected chi connectivity index (χ3v) is 4.26. The van der Waals surface area contributed by atoms with Crippen LogP contribution in [-0.2, 0) is 20.8 Å². The van der Waals surface area contributed by atoms with Crippen LogP contribution >= 0.6 is 0 Å². The van der Waals surface area contributed by atoms with E-state index in [-0.39, 0.29) is 17.5 Å². The van der Waals surface area contributed by atoms with Crippen LogP contribution in [0, 0.1) is 0 Å². The standard InChI is InChI=1S/C21H21NO6/c1-26-14-12-15-8-10-16(11-9-15)27-13-4-7-19(23)28-22-20(24)17-5-2-3-6-18(17)21(22)25/h2-3,5-6,8-11H,4,7,12-14H2,1H3. The molecule has 0 bridgehead atoms. The van der Waals surface area contributed by atoms with Gasteiger partial charge in [0.2, 0.25) is 0 Å². The van der Waals surface area contributed by atoms with Crippen LogP contribution in [0.5, 0.6) is 5.75 Å². The van der Waals surface area contributed by atoms with Crippen molar-refractivity contribution in [2.24, 2.45) is 0 Å². The SMILES string of the molecule is COCCc1ccc(OCCCC(=O)ON2C(=O)c3ccccc3C2=O)cc1. The molecule has 2 aromatic carbocycles. The maximum absolute atomic E-state index is 12.1. The zero-order valence-electron chi connectivity index (χ0n) is 15.6. The van der Waals surface area contributed by atoms with Crippen molar-refractivity contribution in [3.8, 4) is 5.75 Å². The first kappa shape index (κ1) is 19.6. The maximum atomic E-state index is 12.1. The summed E-state index contributed by atoms with van der Waals surface area (Å²) in [6, 6.07) is 14.0. The van der Waals surface area contributed by atoms with Crippen LogP contribution in [0.3, 0.4) is 0 Å². The van der Waals surface area contributed by atoms with Crippen molar-refractivity contribution in [2.45, 2.75) is 19.3 Å². The average Bonchev–Trinajstić information content (AvgIpc) is 2.96. The van der Waals surface area contributed by atoms with Gasteiger partial charge < -0.3 is 14.3 Å². The summed E-state index contributed by atoms with van der Waals surface area (Å²) in [7, 11) is 1.66. The van der Waals surface area contributed by atoms with Crippen molar-refractivity contribution >= 4 is 17.8 Å². The second-order valence-electron chi connectivity index (χ2n) is 6.25. The number of rotatable bonds is 9. The van der Waals surface area contributed by atoms with E-state index in [0.717, 1.165) is 12.0 Å². The number of carbonyl (C=O) groups is 3. The maximum Gasteiger partial charge on any atom is 0.333 e. The van der Waals surface area contributed by atoms with Crippen LogP contribution in [0.25, 0.3) is 0 Å². The van der Waals surface area contributed by atoms with Gasteiger partial charge in [0.1, 0.15) is 5.75 Å². The molecule has 0 aromatic heterocycles. The number of amides is 2. The minimum atomic E-state index is -0.659. The second-order valence-corrected chi connectivity index (χ2v) is 6.25. The molecule has 1 heterocycles. The predicted molar refractivity (Wildman–Crippen MR) is 99.8 cm³/mol. The van der Waals surface area contributed by atoms with Crippen molar-refractivity contribution in [2.75, 3.05) is 20.3 Å². The van der Waals surface area contributed by atoms with E-state index in [4.69, 9.17) is 14.3 Å². The smallest absolute Gasteiger partial charge is 0.333 e. The Morgan fingerprint density at radius 3 is 2.18 bits per heavy atom. The van der Waals surface area contributed by atoms with Gasteiger partial charge in [-0.2, -0.15) is 0 Å². The number of imide groups is 1. The van der Waals surface area contributed by atoms with Crippen LogP contribution in [0.15, 0.2) is 48.5 Å². The molecule has 0 unspecified atom stereocenters. The van der Waals surface area contributed by atoms with E-state index < -0.39 is 17.8 Å². The Morgan fingerprint density at radius 2 is 1.57 bits per heavy atom. The van der Waals surface area contributed by atoms with E-state index in [1.807, 2.05) is 24.3 Å². The molecule has 0 aliphatic carbocycles. The molecule has 0 saturated heterocycles. The lowest BCUT2D eigenvalue weighted by Crippen LogP contribution is -2.32. The van der Waals surface area contributed by atoms with Crippen molar-refractivity contribution in [1.29, 1.82) is 0 Å². The molecule has 3 rings (SSSR count). The van der Waals surface area contributed by atoms with Gasteiger partial charge in [-0.15, -0.1) is 0 Å². The normalized spacial score (nSPS) is 12.8. The molecule has 0 fully saturated rings. The highest BCUT2D eigenvalue weighted by Crippen LogP contribution is 2.23. The first-order valence-corrected chi connectivity index (χ1v) is 8.99. The Morgan fingerprint density at radius 1 is 0.929 bits per heavy atom. The Bertz CT molecular complexity index is 826. The fourth-order valence-electron chi connectivity index (χ4n) is 2.78. The number of carbonyl (C=O) groups excluding carboxylic acids is 3. The Balaban J connectivity index is 1.41. The molecule has 0 atom stereocenters. The zero-order chi connectivity index (χ0) is 19.9. The lowest BCUT2D eigenvalue weighted by Gasteiger charge is -2.12. The van der Waals surface area contributed by atoms with Gasteiger partial charge in [-0.25, -0.2) is 4.79 Å². The Hall–Kier alpha value is -3.19. The minimum Gasteiger partial charge on any atom is -0.494 e. The summed E-state index contributed by atoms with van der Waals surface area (Å²) in [4.78, 5) is 41.2. The van der Waals surface area contributed by atoms with Gasteiger partial charge in [-0.1, -0.05) is 29.3 Å². The summed E-state index contributed by atoms with van der Waals surface area (Å²) < 4.78 is 10.6. The molecule has 0 saturated carbocycles. The van der Waals surface area contributed by atoms with E-state index >= 15 is 0 Å². The highest BCUT2D eigenvalue weighted by atomic mass is 16.7. The lowest BCUT2D eigenvalue weighted by atomic mass is 10.1. The summed E-state index contributed by atoms with van der Waals surface area (Å²) >= 11 is 0. The Labute approximate surface area is 162 Å². The molecule has 0 N–H and O–H groups in total. The molecule has 1 aliphatic rings. The van der Waals surface area contributed by atoms with Gasteiger partial charge in [0.15, 0.2) is 0 Å².